The average molecular weight is 345 g/mol. The van der Waals surface area contributed by atoms with Gasteiger partial charge in [0.25, 0.3) is 5.88 Å². The molecule has 0 saturated heterocycles. The molecule has 0 saturated carbocycles. The third-order valence-corrected chi connectivity index (χ3v) is 4.17. The van der Waals surface area contributed by atoms with Crippen LogP contribution in [0.4, 0.5) is 0 Å². The molecule has 10 heteroatoms. The first-order valence-electron chi connectivity index (χ1n) is 6.37. The van der Waals surface area contributed by atoms with E-state index < -0.39 is 16.2 Å². The minimum absolute atomic E-state index is 0.0963. The first-order valence-corrected chi connectivity index (χ1v) is 8.57. The van der Waals surface area contributed by atoms with Crippen LogP contribution in [-0.4, -0.2) is 36.8 Å². The second-order valence-corrected chi connectivity index (χ2v) is 7.07. The van der Waals surface area contributed by atoms with Gasteiger partial charge in [0.1, 0.15) is 0 Å². The Morgan fingerprint density at radius 3 is 2.91 bits per heavy atom. The second kappa shape index (κ2) is 5.11. The van der Waals surface area contributed by atoms with E-state index in [4.69, 9.17) is 21.5 Å². The maximum atomic E-state index is 11.7. The van der Waals surface area contributed by atoms with Gasteiger partial charge >= 0.3 is 10.1 Å². The third-order valence-electron chi connectivity index (χ3n) is 3.41. The number of halogens is 1. The number of hydrogen-bond acceptors (Lipinski definition) is 6. The van der Waals surface area contributed by atoms with Gasteiger partial charge in [0, 0.05) is 6.54 Å². The lowest BCUT2D eigenvalue weighted by molar-refractivity contribution is -0.122. The summed E-state index contributed by atoms with van der Waals surface area (Å²) in [5.41, 5.74) is 7.69. The Hall–Kier alpha value is -1.84. The molecule has 1 aliphatic rings. The number of amides is 1. The summed E-state index contributed by atoms with van der Waals surface area (Å²) in [5.74, 6) is -0.379. The smallest absolute Gasteiger partial charge is 0.307 e. The Balaban J connectivity index is 2.25. The van der Waals surface area contributed by atoms with Crippen molar-refractivity contribution in [3.63, 3.8) is 0 Å². The van der Waals surface area contributed by atoms with Crippen molar-refractivity contribution in [2.24, 2.45) is 5.73 Å². The van der Waals surface area contributed by atoms with Crippen LogP contribution in [-0.2, 0) is 27.9 Å². The minimum Gasteiger partial charge on any atom is -0.359 e. The molecule has 1 aromatic heterocycles. The normalized spacial score (nSPS) is 18.7. The fourth-order valence-electron chi connectivity index (χ4n) is 2.47. The topological polar surface area (TPSA) is 127 Å². The number of aromatic nitrogens is 2. The van der Waals surface area contributed by atoms with Crippen molar-refractivity contribution in [3.8, 4) is 5.88 Å². The van der Waals surface area contributed by atoms with Crippen molar-refractivity contribution in [2.45, 2.75) is 19.0 Å². The van der Waals surface area contributed by atoms with Crippen molar-refractivity contribution in [2.75, 3.05) is 6.26 Å². The molecule has 1 atom stereocenters. The molecule has 1 aliphatic heterocycles. The summed E-state index contributed by atoms with van der Waals surface area (Å²) >= 11 is 6.19. The van der Waals surface area contributed by atoms with Crippen LogP contribution in [0, 0.1) is 0 Å². The van der Waals surface area contributed by atoms with Crippen LogP contribution < -0.4 is 15.2 Å². The molecule has 8 nitrogen and oxygen atoms in total. The molecule has 1 amide bonds. The highest BCUT2D eigenvalue weighted by atomic mass is 35.5. The van der Waals surface area contributed by atoms with E-state index in [2.05, 4.69) is 15.5 Å². The molecule has 4 N–H and O–H groups in total. The number of hydrogen-bond donors (Lipinski definition) is 3. The van der Waals surface area contributed by atoms with E-state index in [-0.39, 0.29) is 18.3 Å². The van der Waals surface area contributed by atoms with Crippen molar-refractivity contribution in [3.05, 3.63) is 22.2 Å². The first-order chi connectivity index (χ1) is 10.3. The Bertz CT molecular complexity index is 877. The summed E-state index contributed by atoms with van der Waals surface area (Å²) in [6.07, 6.45) is 1.22. The highest BCUT2D eigenvalue weighted by Crippen LogP contribution is 2.35. The number of nitrogens with two attached hydrogens (primary N) is 1. The second-order valence-electron chi connectivity index (χ2n) is 5.09. The molecule has 0 fully saturated rings. The zero-order chi connectivity index (χ0) is 16.1. The van der Waals surface area contributed by atoms with Crippen molar-refractivity contribution in [1.82, 2.24) is 15.5 Å². The lowest BCUT2D eigenvalue weighted by Crippen LogP contribution is -2.39. The summed E-state index contributed by atoms with van der Waals surface area (Å²) in [5, 5.41) is 9.99. The largest absolute Gasteiger partial charge is 0.359 e. The van der Waals surface area contributed by atoms with Crippen LogP contribution in [0.15, 0.2) is 6.07 Å². The third kappa shape index (κ3) is 2.62. The van der Waals surface area contributed by atoms with E-state index in [9.17, 15) is 13.2 Å². The number of fused-ring (bicyclic) bond motifs is 3. The molecular formula is C12H13ClN4O4S. The van der Waals surface area contributed by atoms with Gasteiger partial charge in [0.2, 0.25) is 5.91 Å². The van der Waals surface area contributed by atoms with E-state index in [0.29, 0.717) is 27.9 Å². The van der Waals surface area contributed by atoms with Gasteiger partial charge in [0.05, 0.1) is 28.2 Å². The van der Waals surface area contributed by atoms with Gasteiger partial charge in [-0.05, 0) is 23.6 Å². The number of aromatic amines is 1. The Morgan fingerprint density at radius 2 is 2.23 bits per heavy atom. The average Bonchev–Trinajstić information content (AvgIpc) is 2.74. The van der Waals surface area contributed by atoms with Crippen LogP contribution >= 0.6 is 11.6 Å². The van der Waals surface area contributed by atoms with Crippen molar-refractivity contribution < 1.29 is 17.4 Å². The number of nitrogens with one attached hydrogen (secondary N) is 2. The van der Waals surface area contributed by atoms with Crippen LogP contribution in [0.1, 0.15) is 11.1 Å². The van der Waals surface area contributed by atoms with Crippen LogP contribution in [0.25, 0.3) is 10.9 Å². The Labute approximate surface area is 131 Å². The maximum absolute atomic E-state index is 11.7. The molecule has 0 aliphatic carbocycles. The molecule has 2 heterocycles. The van der Waals surface area contributed by atoms with Crippen LogP contribution in [0.5, 0.6) is 5.88 Å². The Morgan fingerprint density at radius 1 is 1.50 bits per heavy atom. The molecule has 1 unspecified atom stereocenters. The van der Waals surface area contributed by atoms with Gasteiger partial charge in [0.15, 0.2) is 0 Å². The number of rotatable bonds is 2. The van der Waals surface area contributed by atoms with E-state index in [0.717, 1.165) is 11.8 Å². The zero-order valence-electron chi connectivity index (χ0n) is 11.5. The van der Waals surface area contributed by atoms with Crippen molar-refractivity contribution >= 4 is 38.5 Å². The Kier molecular flexibility index (Phi) is 3.50. The number of carbonyl (C=O) groups is 1. The van der Waals surface area contributed by atoms with Crippen LogP contribution in [0.2, 0.25) is 5.02 Å². The van der Waals surface area contributed by atoms with Gasteiger partial charge in [-0.1, -0.05) is 11.6 Å². The molecule has 118 valence electrons. The lowest BCUT2D eigenvalue weighted by Gasteiger charge is -2.10. The van der Waals surface area contributed by atoms with E-state index in [1.54, 1.807) is 6.07 Å². The van der Waals surface area contributed by atoms with Gasteiger partial charge in [-0.15, -0.1) is 5.10 Å². The molecule has 0 bridgehead atoms. The number of nitrogens with zero attached hydrogens (tertiary/aromatic N) is 1. The van der Waals surface area contributed by atoms with Crippen molar-refractivity contribution in [1.29, 1.82) is 0 Å². The monoisotopic (exact) mass is 344 g/mol. The number of benzene rings is 1. The molecule has 0 radical (unpaired) electrons. The summed E-state index contributed by atoms with van der Waals surface area (Å²) in [7, 11) is -3.75. The fourth-order valence-corrected chi connectivity index (χ4v) is 3.15. The predicted molar refractivity (Wildman–Crippen MR) is 80.1 cm³/mol. The summed E-state index contributed by atoms with van der Waals surface area (Å²) in [6.45, 7) is 0.190. The minimum atomic E-state index is -3.75. The zero-order valence-corrected chi connectivity index (χ0v) is 13.1. The molecule has 1 aromatic carbocycles. The highest BCUT2D eigenvalue weighted by molar-refractivity contribution is 7.86. The van der Waals surface area contributed by atoms with Gasteiger partial charge in [-0.3, -0.25) is 9.89 Å². The first kappa shape index (κ1) is 15.1. The molecule has 22 heavy (non-hydrogen) atoms. The number of H-pyrrole nitrogens is 1. The van der Waals surface area contributed by atoms with Gasteiger partial charge in [-0.25, -0.2) is 0 Å². The van der Waals surface area contributed by atoms with E-state index >= 15 is 0 Å². The van der Waals surface area contributed by atoms with E-state index in [1.807, 2.05) is 0 Å². The summed E-state index contributed by atoms with van der Waals surface area (Å²) < 4.78 is 27.6. The quantitative estimate of drug-likeness (QED) is 0.661. The summed E-state index contributed by atoms with van der Waals surface area (Å²) in [6, 6.07) is 1.00. The standard InChI is InChI=1S/C12H13ClN4O4S/c1-22(19,20)21-12-9-6-4-15-11(18)8(14)3-5(6)2-7(13)10(9)16-17-12/h2,8H,3-4,14H2,1H3,(H,15,18)(H,16,17). The molecule has 0 spiro atoms. The number of carbonyl (C=O) groups excluding carboxylic acids is 1. The van der Waals surface area contributed by atoms with Crippen LogP contribution in [0.3, 0.4) is 0 Å². The van der Waals surface area contributed by atoms with Gasteiger partial charge < -0.3 is 15.2 Å². The van der Waals surface area contributed by atoms with E-state index in [1.165, 1.54) is 0 Å². The SMILES string of the molecule is CS(=O)(=O)Oc1n[nH]c2c(Cl)cc3c(c12)CNC(=O)C(N)C3. The highest BCUT2D eigenvalue weighted by Gasteiger charge is 2.26. The predicted octanol–water partition coefficient (Wildman–Crippen LogP) is 0.0543. The molecular weight excluding hydrogens is 332 g/mol. The summed E-state index contributed by atoms with van der Waals surface area (Å²) in [4.78, 5) is 11.7. The molecule has 2 aromatic rings. The van der Waals surface area contributed by atoms with Gasteiger partial charge in [-0.2, -0.15) is 8.42 Å². The fraction of sp³-hybridized carbons (Fsp3) is 0.333. The molecule has 3 rings (SSSR count). The lowest BCUT2D eigenvalue weighted by atomic mass is 9.99. The maximum Gasteiger partial charge on any atom is 0.307 e.